The van der Waals surface area contributed by atoms with Crippen molar-refractivity contribution in [3.8, 4) is 0 Å². The fourth-order valence-corrected chi connectivity index (χ4v) is 4.06. The summed E-state index contributed by atoms with van der Waals surface area (Å²) in [7, 11) is -2.59. The van der Waals surface area contributed by atoms with Gasteiger partial charge >= 0.3 is 6.18 Å². The van der Waals surface area contributed by atoms with Crippen molar-refractivity contribution in [2.24, 2.45) is 0 Å². The molecule has 146 valence electrons. The number of halogens is 3. The topological polar surface area (TPSA) is 54.5 Å². The van der Waals surface area contributed by atoms with Crippen LogP contribution >= 0.6 is 0 Å². The van der Waals surface area contributed by atoms with Crippen molar-refractivity contribution in [1.29, 1.82) is 0 Å². The minimum absolute atomic E-state index is 0.222. The molecule has 0 radical (unpaired) electrons. The van der Waals surface area contributed by atoms with Gasteiger partial charge in [0.25, 0.3) is 0 Å². The van der Waals surface area contributed by atoms with Crippen LogP contribution in [0.4, 0.5) is 13.2 Å². The van der Waals surface area contributed by atoms with Gasteiger partial charge in [0.05, 0.1) is 11.3 Å². The van der Waals surface area contributed by atoms with Crippen molar-refractivity contribution >= 4 is 15.7 Å². The molecule has 0 spiro atoms. The molecule has 27 heavy (non-hydrogen) atoms. The monoisotopic (exact) mass is 399 g/mol. The van der Waals surface area contributed by atoms with E-state index in [-0.39, 0.29) is 12.1 Å². The van der Waals surface area contributed by atoms with Gasteiger partial charge in [0.1, 0.15) is 5.75 Å². The maximum atomic E-state index is 13.0. The second-order valence-corrected chi connectivity index (χ2v) is 8.43. The Morgan fingerprint density at radius 3 is 2.15 bits per heavy atom. The lowest BCUT2D eigenvalue weighted by molar-refractivity contribution is -0.138. The highest BCUT2D eigenvalue weighted by Crippen LogP contribution is 2.32. The number of amides is 1. The van der Waals surface area contributed by atoms with Crippen LogP contribution in [0.1, 0.15) is 22.3 Å². The summed E-state index contributed by atoms with van der Waals surface area (Å²) < 4.78 is 63.7. The summed E-state index contributed by atoms with van der Waals surface area (Å²) in [4.78, 5) is 13.5. The SMILES string of the molecule is Cc1ccccc1CN(C)C(=O)CS(=O)(=O)Cc1ccccc1C(F)(F)F. The van der Waals surface area contributed by atoms with E-state index in [2.05, 4.69) is 0 Å². The predicted octanol–water partition coefficient (Wildman–Crippen LogP) is 3.59. The molecule has 0 aliphatic rings. The van der Waals surface area contributed by atoms with E-state index in [1.807, 2.05) is 31.2 Å². The Balaban J connectivity index is 2.10. The molecule has 0 saturated heterocycles. The number of rotatable bonds is 6. The molecule has 0 aromatic heterocycles. The van der Waals surface area contributed by atoms with Crippen molar-refractivity contribution in [3.05, 3.63) is 70.8 Å². The van der Waals surface area contributed by atoms with Gasteiger partial charge in [-0.3, -0.25) is 4.79 Å². The quantitative estimate of drug-likeness (QED) is 0.746. The minimum atomic E-state index is -4.66. The molecule has 8 heteroatoms. The summed E-state index contributed by atoms with van der Waals surface area (Å²) >= 11 is 0. The summed E-state index contributed by atoms with van der Waals surface area (Å²) in [6.07, 6.45) is -4.66. The van der Waals surface area contributed by atoms with Crippen LogP contribution in [0.25, 0.3) is 0 Å². The first-order chi connectivity index (χ1) is 12.5. The van der Waals surface area contributed by atoms with E-state index in [1.165, 1.54) is 24.1 Å². The van der Waals surface area contributed by atoms with E-state index >= 15 is 0 Å². The molecule has 0 aliphatic heterocycles. The fourth-order valence-electron chi connectivity index (χ4n) is 2.64. The van der Waals surface area contributed by atoms with Crippen molar-refractivity contribution in [2.45, 2.75) is 25.4 Å². The predicted molar refractivity (Wildman–Crippen MR) is 96.6 cm³/mol. The maximum Gasteiger partial charge on any atom is 0.416 e. The fraction of sp³-hybridized carbons (Fsp3) is 0.316. The Hall–Kier alpha value is -2.35. The first-order valence-corrected chi connectivity index (χ1v) is 9.96. The molecule has 2 rings (SSSR count). The third kappa shape index (κ3) is 5.82. The maximum absolute atomic E-state index is 13.0. The van der Waals surface area contributed by atoms with Gasteiger partial charge in [0.15, 0.2) is 9.84 Å². The van der Waals surface area contributed by atoms with Crippen LogP contribution in [-0.2, 0) is 33.1 Å². The van der Waals surface area contributed by atoms with Gasteiger partial charge in [-0.1, -0.05) is 42.5 Å². The Labute approximate surface area is 156 Å². The molecular weight excluding hydrogens is 379 g/mol. The number of aryl methyl sites for hydroxylation is 1. The van der Waals surface area contributed by atoms with E-state index < -0.39 is 39.0 Å². The molecule has 2 aromatic carbocycles. The molecule has 0 unspecified atom stereocenters. The van der Waals surface area contributed by atoms with Crippen molar-refractivity contribution < 1.29 is 26.4 Å². The molecule has 0 N–H and O–H groups in total. The van der Waals surface area contributed by atoms with Crippen molar-refractivity contribution in [1.82, 2.24) is 4.90 Å². The van der Waals surface area contributed by atoms with Crippen LogP contribution in [0.5, 0.6) is 0 Å². The van der Waals surface area contributed by atoms with Gasteiger partial charge in [0, 0.05) is 13.6 Å². The number of sulfone groups is 1. The summed E-state index contributed by atoms with van der Waals surface area (Å²) in [5.41, 5.74) is 0.459. The van der Waals surface area contributed by atoms with Crippen LogP contribution in [0.3, 0.4) is 0 Å². The Bertz CT molecular complexity index is 924. The van der Waals surface area contributed by atoms with Crippen LogP contribution < -0.4 is 0 Å². The molecule has 0 saturated carbocycles. The number of nitrogens with zero attached hydrogens (tertiary/aromatic N) is 1. The standard InChI is InChI=1S/C19H20F3NO3S/c1-14-7-3-4-8-15(14)11-23(2)18(24)13-27(25,26)12-16-9-5-6-10-17(16)19(20,21)22/h3-10H,11-13H2,1-2H3. The lowest BCUT2D eigenvalue weighted by Gasteiger charge is -2.19. The summed E-state index contributed by atoms with van der Waals surface area (Å²) in [6.45, 7) is 2.10. The first kappa shape index (κ1) is 21.0. The molecular formula is C19H20F3NO3S. The van der Waals surface area contributed by atoms with Crippen LogP contribution in [0, 0.1) is 6.92 Å². The average Bonchev–Trinajstić information content (AvgIpc) is 2.55. The molecule has 2 aromatic rings. The number of hydrogen-bond donors (Lipinski definition) is 0. The van der Waals surface area contributed by atoms with Crippen LogP contribution in [0.2, 0.25) is 0 Å². The van der Waals surface area contributed by atoms with Crippen molar-refractivity contribution in [3.63, 3.8) is 0 Å². The normalized spacial score (nSPS) is 12.0. The van der Waals surface area contributed by atoms with E-state index in [4.69, 9.17) is 0 Å². The Morgan fingerprint density at radius 1 is 1.00 bits per heavy atom. The lowest BCUT2D eigenvalue weighted by Crippen LogP contribution is -2.33. The number of hydrogen-bond acceptors (Lipinski definition) is 3. The molecule has 0 atom stereocenters. The van der Waals surface area contributed by atoms with Gasteiger partial charge in [0.2, 0.25) is 5.91 Å². The highest BCUT2D eigenvalue weighted by molar-refractivity contribution is 7.91. The zero-order valence-electron chi connectivity index (χ0n) is 15.0. The second kappa shape index (κ2) is 8.12. The highest BCUT2D eigenvalue weighted by Gasteiger charge is 2.34. The lowest BCUT2D eigenvalue weighted by atomic mass is 10.1. The van der Waals surface area contributed by atoms with Gasteiger partial charge in [-0.2, -0.15) is 13.2 Å². The molecule has 0 heterocycles. The third-order valence-electron chi connectivity index (χ3n) is 4.14. The Kier molecular flexibility index (Phi) is 6.30. The number of benzene rings is 2. The first-order valence-electron chi connectivity index (χ1n) is 8.13. The van der Waals surface area contributed by atoms with Gasteiger partial charge in [-0.25, -0.2) is 8.42 Å². The number of carbonyl (C=O) groups is 1. The summed E-state index contributed by atoms with van der Waals surface area (Å²) in [6, 6.07) is 11.8. The second-order valence-electron chi connectivity index (χ2n) is 6.36. The third-order valence-corrected chi connectivity index (χ3v) is 5.57. The molecule has 0 bridgehead atoms. The summed E-state index contributed by atoms with van der Waals surface area (Å²) in [5, 5.41) is 0. The zero-order valence-corrected chi connectivity index (χ0v) is 15.8. The number of alkyl halides is 3. The van der Waals surface area contributed by atoms with Gasteiger partial charge < -0.3 is 4.90 Å². The van der Waals surface area contributed by atoms with E-state index in [0.717, 1.165) is 23.3 Å². The van der Waals surface area contributed by atoms with Crippen LogP contribution in [0.15, 0.2) is 48.5 Å². The smallest absolute Gasteiger partial charge is 0.341 e. The van der Waals surface area contributed by atoms with Gasteiger partial charge in [-0.15, -0.1) is 0 Å². The van der Waals surface area contributed by atoms with Crippen molar-refractivity contribution in [2.75, 3.05) is 12.8 Å². The highest BCUT2D eigenvalue weighted by atomic mass is 32.2. The molecule has 4 nitrogen and oxygen atoms in total. The van der Waals surface area contributed by atoms with Gasteiger partial charge in [-0.05, 0) is 29.7 Å². The average molecular weight is 399 g/mol. The largest absolute Gasteiger partial charge is 0.416 e. The minimum Gasteiger partial charge on any atom is -0.341 e. The molecule has 0 fully saturated rings. The Morgan fingerprint density at radius 2 is 1.56 bits per heavy atom. The van der Waals surface area contributed by atoms with E-state index in [1.54, 1.807) is 0 Å². The zero-order chi connectivity index (χ0) is 20.2. The molecule has 1 amide bonds. The molecule has 0 aliphatic carbocycles. The summed E-state index contributed by atoms with van der Waals surface area (Å²) in [5.74, 6) is -2.35. The van der Waals surface area contributed by atoms with E-state index in [9.17, 15) is 26.4 Å². The van der Waals surface area contributed by atoms with E-state index in [0.29, 0.717) is 0 Å². The van der Waals surface area contributed by atoms with Crippen LogP contribution in [-0.4, -0.2) is 32.0 Å². The number of carbonyl (C=O) groups excluding carboxylic acids is 1.